The van der Waals surface area contributed by atoms with Crippen LogP contribution >= 0.6 is 0 Å². The standard InChI is InChI=1S/C21H25BN2O8/c25-9-7-24(8-10-26)13-14-3-1-5-16(11-14)20(28)23-18(22(31)32)12-15-4-2-6-17(19(15)27)21(29)30/h1-6,11,25-27,31-32H,7-10,12-13H2,(H,29,30). The van der Waals surface area contributed by atoms with E-state index in [1.54, 1.807) is 23.1 Å². The summed E-state index contributed by atoms with van der Waals surface area (Å²) in [5.41, 5.74) is 0.258. The molecule has 10 nitrogen and oxygen atoms in total. The van der Waals surface area contributed by atoms with E-state index in [-0.39, 0.29) is 41.9 Å². The zero-order chi connectivity index (χ0) is 23.7. The van der Waals surface area contributed by atoms with E-state index in [1.807, 2.05) is 0 Å². The second kappa shape index (κ2) is 12.1. The van der Waals surface area contributed by atoms with Crippen molar-refractivity contribution in [1.29, 1.82) is 0 Å². The number of phenols is 1. The molecular weight excluding hydrogens is 419 g/mol. The molecule has 0 heterocycles. The van der Waals surface area contributed by atoms with Gasteiger partial charge in [0.15, 0.2) is 0 Å². The minimum atomic E-state index is -2.10. The van der Waals surface area contributed by atoms with Crippen LogP contribution in [0.2, 0.25) is 0 Å². The van der Waals surface area contributed by atoms with Crippen LogP contribution in [0.15, 0.2) is 47.5 Å². The normalized spacial score (nSPS) is 11.6. The van der Waals surface area contributed by atoms with Crippen LogP contribution in [0.25, 0.3) is 0 Å². The first-order chi connectivity index (χ1) is 15.3. The fourth-order valence-corrected chi connectivity index (χ4v) is 3.10. The van der Waals surface area contributed by atoms with Gasteiger partial charge in [-0.2, -0.15) is 0 Å². The van der Waals surface area contributed by atoms with Crippen LogP contribution in [0, 0.1) is 0 Å². The Hall–Kier alpha value is -3.09. The molecule has 2 rings (SSSR count). The third-order valence-electron chi connectivity index (χ3n) is 4.68. The second-order valence-electron chi connectivity index (χ2n) is 7.00. The molecule has 0 saturated carbocycles. The summed E-state index contributed by atoms with van der Waals surface area (Å²) < 4.78 is 0. The highest BCUT2D eigenvalue weighted by Gasteiger charge is 2.23. The molecule has 0 spiro atoms. The molecule has 0 atom stereocenters. The van der Waals surface area contributed by atoms with E-state index in [9.17, 15) is 24.7 Å². The smallest absolute Gasteiger partial charge is 0.504 e. The van der Waals surface area contributed by atoms with Crippen LogP contribution in [-0.4, -0.2) is 86.3 Å². The molecule has 170 valence electrons. The molecule has 6 N–H and O–H groups in total. The van der Waals surface area contributed by atoms with Crippen LogP contribution < -0.4 is 0 Å². The number of aromatic hydroxyl groups is 1. The minimum absolute atomic E-state index is 0.0712. The highest BCUT2D eigenvalue weighted by Crippen LogP contribution is 2.23. The molecule has 0 unspecified atom stereocenters. The van der Waals surface area contributed by atoms with Crippen molar-refractivity contribution in [3.05, 3.63) is 64.7 Å². The van der Waals surface area contributed by atoms with Gasteiger partial charge in [-0.3, -0.25) is 9.69 Å². The first-order valence-electron chi connectivity index (χ1n) is 9.81. The first-order valence-corrected chi connectivity index (χ1v) is 9.81. The maximum atomic E-state index is 12.6. The molecule has 0 aromatic heterocycles. The average molecular weight is 444 g/mol. The van der Waals surface area contributed by atoms with Gasteiger partial charge in [-0.05, 0) is 29.3 Å². The number of hydrogen-bond acceptors (Lipinski definition) is 8. The predicted octanol–water partition coefficient (Wildman–Crippen LogP) is -0.287. The summed E-state index contributed by atoms with van der Waals surface area (Å²) in [6, 6.07) is 10.4. The lowest BCUT2D eigenvalue weighted by molar-refractivity contribution is 0.0693. The summed E-state index contributed by atoms with van der Waals surface area (Å²) in [5.74, 6) is -2.65. The maximum absolute atomic E-state index is 12.6. The Labute approximate surface area is 184 Å². The third kappa shape index (κ3) is 6.97. The van der Waals surface area contributed by atoms with Gasteiger partial charge < -0.3 is 30.5 Å². The van der Waals surface area contributed by atoms with E-state index in [0.717, 1.165) is 5.56 Å². The Morgan fingerprint density at radius 2 is 1.66 bits per heavy atom. The van der Waals surface area contributed by atoms with Crippen molar-refractivity contribution in [3.63, 3.8) is 0 Å². The van der Waals surface area contributed by atoms with Crippen LogP contribution in [0.4, 0.5) is 0 Å². The van der Waals surface area contributed by atoms with Crippen molar-refractivity contribution in [2.75, 3.05) is 26.3 Å². The van der Waals surface area contributed by atoms with Gasteiger partial charge in [0.1, 0.15) is 11.3 Å². The Kier molecular flexibility index (Phi) is 9.50. The van der Waals surface area contributed by atoms with Crippen molar-refractivity contribution < 1.29 is 40.1 Å². The van der Waals surface area contributed by atoms with Crippen molar-refractivity contribution in [1.82, 2.24) is 4.90 Å². The zero-order valence-corrected chi connectivity index (χ0v) is 17.3. The fraction of sp³-hybridized carbons (Fsp3) is 0.286. The van der Waals surface area contributed by atoms with Gasteiger partial charge in [0.2, 0.25) is 0 Å². The van der Waals surface area contributed by atoms with Gasteiger partial charge in [-0.15, -0.1) is 0 Å². The highest BCUT2D eigenvalue weighted by atomic mass is 16.4. The molecular formula is C21H25BN2O8. The number of aliphatic hydroxyl groups excluding tert-OH is 2. The van der Waals surface area contributed by atoms with Gasteiger partial charge in [0, 0.05) is 31.6 Å². The van der Waals surface area contributed by atoms with E-state index in [2.05, 4.69) is 4.99 Å². The van der Waals surface area contributed by atoms with Crippen LogP contribution in [-0.2, 0) is 13.0 Å². The molecule has 1 amide bonds. The van der Waals surface area contributed by atoms with Gasteiger partial charge in [-0.1, -0.05) is 24.3 Å². The maximum Gasteiger partial charge on any atom is 0.504 e. The number of benzene rings is 2. The van der Waals surface area contributed by atoms with E-state index in [1.165, 1.54) is 24.3 Å². The Balaban J connectivity index is 2.26. The van der Waals surface area contributed by atoms with Gasteiger partial charge in [-0.25, -0.2) is 9.79 Å². The Morgan fingerprint density at radius 3 is 2.25 bits per heavy atom. The molecule has 0 aliphatic carbocycles. The molecule has 2 aromatic carbocycles. The first kappa shape index (κ1) is 25.2. The van der Waals surface area contributed by atoms with E-state index in [0.29, 0.717) is 19.6 Å². The molecule has 0 bridgehead atoms. The highest BCUT2D eigenvalue weighted by molar-refractivity contribution is 6.80. The lowest BCUT2D eigenvalue weighted by atomic mass is 9.79. The molecule has 0 aliphatic heterocycles. The number of aliphatic imine (C=N–C) groups is 1. The van der Waals surface area contributed by atoms with E-state index < -0.39 is 24.7 Å². The number of aliphatic hydroxyl groups is 2. The number of rotatable bonds is 11. The lowest BCUT2D eigenvalue weighted by Gasteiger charge is -2.20. The monoisotopic (exact) mass is 444 g/mol. The van der Waals surface area contributed by atoms with Crippen molar-refractivity contribution in [3.8, 4) is 5.75 Å². The number of carboxylic acids is 1. The number of para-hydroxylation sites is 1. The van der Waals surface area contributed by atoms with Gasteiger partial charge in [0.05, 0.1) is 18.8 Å². The average Bonchev–Trinajstić information content (AvgIpc) is 2.74. The van der Waals surface area contributed by atoms with Gasteiger partial charge in [0.25, 0.3) is 5.91 Å². The van der Waals surface area contributed by atoms with Crippen molar-refractivity contribution in [2.45, 2.75) is 13.0 Å². The summed E-state index contributed by atoms with van der Waals surface area (Å²) in [5, 5.41) is 56.8. The van der Waals surface area contributed by atoms with Crippen LogP contribution in [0.3, 0.4) is 0 Å². The number of carbonyl (C=O) groups excluding carboxylic acids is 1. The molecule has 0 radical (unpaired) electrons. The predicted molar refractivity (Wildman–Crippen MR) is 117 cm³/mol. The number of carbonyl (C=O) groups is 2. The number of carboxylic acid groups (broad SMARTS) is 1. The lowest BCUT2D eigenvalue weighted by Crippen LogP contribution is -2.29. The third-order valence-corrected chi connectivity index (χ3v) is 4.68. The second-order valence-corrected chi connectivity index (χ2v) is 7.00. The summed E-state index contributed by atoms with van der Waals surface area (Å²) in [7, 11) is -2.10. The van der Waals surface area contributed by atoms with Crippen molar-refractivity contribution >= 4 is 24.6 Å². The molecule has 32 heavy (non-hydrogen) atoms. The quantitative estimate of drug-likeness (QED) is 0.201. The fourth-order valence-electron chi connectivity index (χ4n) is 3.10. The summed E-state index contributed by atoms with van der Waals surface area (Å²) in [4.78, 5) is 29.4. The Morgan fingerprint density at radius 1 is 1.00 bits per heavy atom. The molecule has 0 saturated heterocycles. The molecule has 11 heteroatoms. The molecule has 0 aliphatic rings. The zero-order valence-electron chi connectivity index (χ0n) is 17.3. The van der Waals surface area contributed by atoms with Crippen molar-refractivity contribution in [2.24, 2.45) is 4.99 Å². The largest absolute Gasteiger partial charge is 0.507 e. The minimum Gasteiger partial charge on any atom is -0.507 e. The number of amides is 1. The van der Waals surface area contributed by atoms with Gasteiger partial charge >= 0.3 is 13.1 Å². The summed E-state index contributed by atoms with van der Waals surface area (Å²) in [6.45, 7) is 0.887. The molecule has 2 aromatic rings. The summed E-state index contributed by atoms with van der Waals surface area (Å²) >= 11 is 0. The van der Waals surface area contributed by atoms with E-state index >= 15 is 0 Å². The number of nitrogens with zero attached hydrogens (tertiary/aromatic N) is 2. The van der Waals surface area contributed by atoms with Crippen LogP contribution in [0.1, 0.15) is 31.8 Å². The number of aromatic carboxylic acids is 1. The molecule has 0 fully saturated rings. The Bertz CT molecular complexity index is 974. The number of hydrogen-bond donors (Lipinski definition) is 6. The topological polar surface area (TPSA) is 171 Å². The summed E-state index contributed by atoms with van der Waals surface area (Å²) in [6.07, 6.45) is -0.350. The van der Waals surface area contributed by atoms with Crippen LogP contribution in [0.5, 0.6) is 5.75 Å². The SMILES string of the molecule is O=C(N=C(Cc1cccc(C(=O)O)c1O)B(O)O)c1cccc(CN(CCO)CCO)c1. The van der Waals surface area contributed by atoms with E-state index in [4.69, 9.17) is 15.3 Å².